The monoisotopic (exact) mass is 347 g/mol. The number of hydrogen-bond acceptors (Lipinski definition) is 4. The molecule has 0 bridgehead atoms. The van der Waals surface area contributed by atoms with E-state index < -0.39 is 11.7 Å². The number of carbonyl (C=O) groups excluding carboxylic acids is 2. The van der Waals surface area contributed by atoms with Gasteiger partial charge in [-0.2, -0.15) is 0 Å². The van der Waals surface area contributed by atoms with Crippen LogP contribution < -0.4 is 11.1 Å². The molecule has 1 aliphatic heterocycles. The lowest BCUT2D eigenvalue weighted by atomic mass is 9.74. The summed E-state index contributed by atoms with van der Waals surface area (Å²) in [5, 5.41) is 2.53. The summed E-state index contributed by atoms with van der Waals surface area (Å²) in [5.74, 6) is -0.0889. The van der Waals surface area contributed by atoms with Gasteiger partial charge in [0.2, 0.25) is 5.91 Å². The highest BCUT2D eigenvalue weighted by Crippen LogP contribution is 2.37. The molecule has 1 fully saturated rings. The van der Waals surface area contributed by atoms with Crippen LogP contribution in [0.15, 0.2) is 24.3 Å². The zero-order valence-corrected chi connectivity index (χ0v) is 15.6. The molecule has 138 valence electrons. The van der Waals surface area contributed by atoms with Crippen LogP contribution in [0, 0.1) is 0 Å². The number of benzene rings is 1. The molecular weight excluding hydrogens is 318 g/mol. The smallest absolute Gasteiger partial charge is 0.408 e. The van der Waals surface area contributed by atoms with Crippen LogP contribution in [-0.2, 0) is 14.9 Å². The Balaban J connectivity index is 1.86. The minimum absolute atomic E-state index is 0.0271. The molecule has 25 heavy (non-hydrogen) atoms. The van der Waals surface area contributed by atoms with E-state index in [1.807, 2.05) is 18.2 Å². The number of alkyl carbamates (subject to hydrolysis) is 1. The van der Waals surface area contributed by atoms with Crippen LogP contribution in [0.1, 0.15) is 46.1 Å². The summed E-state index contributed by atoms with van der Waals surface area (Å²) < 4.78 is 5.14. The number of nitrogens with one attached hydrogen (secondary N) is 1. The highest BCUT2D eigenvalue weighted by atomic mass is 16.6. The molecular formula is C19H29N3O3. The first-order chi connectivity index (χ1) is 11.6. The van der Waals surface area contributed by atoms with Crippen LogP contribution in [0.3, 0.4) is 0 Å². The number of rotatable bonds is 3. The third-order valence-corrected chi connectivity index (χ3v) is 4.61. The lowest BCUT2D eigenvalue weighted by molar-refractivity contribution is -0.131. The van der Waals surface area contributed by atoms with E-state index in [2.05, 4.69) is 18.3 Å². The lowest BCUT2D eigenvalue weighted by Crippen LogP contribution is -2.48. The van der Waals surface area contributed by atoms with Crippen molar-refractivity contribution in [3.63, 3.8) is 0 Å². The van der Waals surface area contributed by atoms with Crippen LogP contribution in [0.25, 0.3) is 0 Å². The largest absolute Gasteiger partial charge is 0.444 e. The molecule has 1 aromatic carbocycles. The highest BCUT2D eigenvalue weighted by molar-refractivity contribution is 5.82. The second kappa shape index (κ2) is 7.33. The standard InChI is InChI=1S/C19H29N3O3/c1-18(2,3)25-17(24)21-13-16(23)22-11-9-19(4,10-12-22)14-7-5-6-8-15(14)20/h5-8H,9-13,20H2,1-4H3,(H,21,24). The van der Waals surface area contributed by atoms with Crippen molar-refractivity contribution in [1.29, 1.82) is 0 Å². The number of piperidine rings is 1. The fourth-order valence-electron chi connectivity index (χ4n) is 3.14. The number of carbonyl (C=O) groups is 2. The maximum Gasteiger partial charge on any atom is 0.408 e. The van der Waals surface area contributed by atoms with E-state index in [9.17, 15) is 9.59 Å². The molecule has 0 atom stereocenters. The highest BCUT2D eigenvalue weighted by Gasteiger charge is 2.34. The second-order valence-electron chi connectivity index (χ2n) is 7.88. The number of anilines is 1. The van der Waals surface area contributed by atoms with Gasteiger partial charge in [0.1, 0.15) is 12.1 Å². The molecule has 1 aromatic rings. The maximum absolute atomic E-state index is 12.3. The van der Waals surface area contributed by atoms with Crippen molar-refractivity contribution in [3.05, 3.63) is 29.8 Å². The quantitative estimate of drug-likeness (QED) is 0.823. The van der Waals surface area contributed by atoms with Crippen molar-refractivity contribution in [3.8, 4) is 0 Å². The van der Waals surface area contributed by atoms with Gasteiger partial charge in [-0.25, -0.2) is 4.79 Å². The van der Waals surface area contributed by atoms with Gasteiger partial charge in [0.05, 0.1) is 0 Å². The molecule has 1 aliphatic rings. The van der Waals surface area contributed by atoms with E-state index >= 15 is 0 Å². The topological polar surface area (TPSA) is 84.7 Å². The maximum atomic E-state index is 12.3. The first kappa shape index (κ1) is 19.1. The third kappa shape index (κ3) is 5.11. The van der Waals surface area contributed by atoms with Crippen LogP contribution in [-0.4, -0.2) is 42.1 Å². The molecule has 0 spiro atoms. The van der Waals surface area contributed by atoms with Gasteiger partial charge in [0.25, 0.3) is 0 Å². The fourth-order valence-corrected chi connectivity index (χ4v) is 3.14. The predicted molar refractivity (Wildman–Crippen MR) is 98.3 cm³/mol. The molecule has 2 rings (SSSR count). The van der Waals surface area contributed by atoms with Gasteiger partial charge >= 0.3 is 6.09 Å². The Morgan fingerprint density at radius 2 is 1.84 bits per heavy atom. The van der Waals surface area contributed by atoms with Crippen LogP contribution >= 0.6 is 0 Å². The first-order valence-corrected chi connectivity index (χ1v) is 8.70. The van der Waals surface area contributed by atoms with Crippen LogP contribution in [0.2, 0.25) is 0 Å². The molecule has 3 N–H and O–H groups in total. The number of nitrogens with two attached hydrogens (primary N) is 1. The van der Waals surface area contributed by atoms with E-state index in [0.29, 0.717) is 13.1 Å². The zero-order valence-electron chi connectivity index (χ0n) is 15.6. The van der Waals surface area contributed by atoms with E-state index in [-0.39, 0.29) is 17.9 Å². The van der Waals surface area contributed by atoms with Gasteiger partial charge in [0.15, 0.2) is 0 Å². The van der Waals surface area contributed by atoms with Crippen LogP contribution in [0.4, 0.5) is 10.5 Å². The average molecular weight is 347 g/mol. The molecule has 1 saturated heterocycles. The second-order valence-corrected chi connectivity index (χ2v) is 7.88. The number of para-hydroxylation sites is 1. The van der Waals surface area contributed by atoms with Crippen molar-refractivity contribution in [2.24, 2.45) is 0 Å². The van der Waals surface area contributed by atoms with E-state index in [4.69, 9.17) is 10.5 Å². The fraction of sp³-hybridized carbons (Fsp3) is 0.579. The molecule has 0 unspecified atom stereocenters. The molecule has 2 amide bonds. The Labute approximate surface area is 149 Å². The average Bonchev–Trinajstić information content (AvgIpc) is 2.52. The number of nitrogens with zero attached hydrogens (tertiary/aromatic N) is 1. The van der Waals surface area contributed by atoms with Crippen LogP contribution in [0.5, 0.6) is 0 Å². The van der Waals surface area contributed by atoms with Crippen molar-refractivity contribution in [2.45, 2.75) is 51.6 Å². The minimum Gasteiger partial charge on any atom is -0.444 e. The molecule has 1 heterocycles. The SMILES string of the molecule is CC(C)(C)OC(=O)NCC(=O)N1CCC(C)(c2ccccc2N)CC1. The Morgan fingerprint density at radius 3 is 2.40 bits per heavy atom. The molecule has 6 nitrogen and oxygen atoms in total. The number of ether oxygens (including phenoxy) is 1. The summed E-state index contributed by atoms with van der Waals surface area (Å²) in [6.45, 7) is 8.82. The Hall–Kier alpha value is -2.24. The number of hydrogen-bond donors (Lipinski definition) is 2. The summed E-state index contributed by atoms with van der Waals surface area (Å²) in [7, 11) is 0. The normalized spacial score (nSPS) is 17.0. The zero-order chi connectivity index (χ0) is 18.7. The Bertz CT molecular complexity index is 629. The van der Waals surface area contributed by atoms with Gasteiger partial charge in [-0.05, 0) is 50.7 Å². The minimum atomic E-state index is -0.574. The predicted octanol–water partition coefficient (Wildman–Crippen LogP) is 2.67. The first-order valence-electron chi connectivity index (χ1n) is 8.70. The van der Waals surface area contributed by atoms with Crippen molar-refractivity contribution in [1.82, 2.24) is 10.2 Å². The molecule has 6 heteroatoms. The van der Waals surface area contributed by atoms with E-state index in [1.54, 1.807) is 25.7 Å². The molecule has 0 aliphatic carbocycles. The van der Waals surface area contributed by atoms with E-state index in [1.165, 1.54) is 0 Å². The molecule has 0 saturated carbocycles. The van der Waals surface area contributed by atoms with Gasteiger partial charge in [-0.1, -0.05) is 25.1 Å². The summed E-state index contributed by atoms with van der Waals surface area (Å²) in [6, 6.07) is 7.92. The van der Waals surface area contributed by atoms with Gasteiger partial charge < -0.3 is 20.7 Å². The summed E-state index contributed by atoms with van der Waals surface area (Å²) in [4.78, 5) is 25.8. The molecule has 0 radical (unpaired) electrons. The number of nitrogen functional groups attached to an aromatic ring is 1. The lowest BCUT2D eigenvalue weighted by Gasteiger charge is -2.40. The van der Waals surface area contributed by atoms with E-state index in [0.717, 1.165) is 24.1 Å². The van der Waals surface area contributed by atoms with Gasteiger partial charge in [0, 0.05) is 18.8 Å². The summed E-state index contributed by atoms with van der Waals surface area (Å²) >= 11 is 0. The number of amides is 2. The van der Waals surface area contributed by atoms with Gasteiger partial charge in [-0.15, -0.1) is 0 Å². The molecule has 0 aromatic heterocycles. The Kier molecular flexibility index (Phi) is 5.60. The Morgan fingerprint density at radius 1 is 1.24 bits per heavy atom. The summed E-state index contributed by atoms with van der Waals surface area (Å²) in [6.07, 6.45) is 1.12. The van der Waals surface area contributed by atoms with Crippen molar-refractivity contribution >= 4 is 17.7 Å². The number of likely N-dealkylation sites (tertiary alicyclic amines) is 1. The van der Waals surface area contributed by atoms with Crippen molar-refractivity contribution < 1.29 is 14.3 Å². The third-order valence-electron chi connectivity index (χ3n) is 4.61. The van der Waals surface area contributed by atoms with Crippen molar-refractivity contribution in [2.75, 3.05) is 25.4 Å². The summed E-state index contributed by atoms with van der Waals surface area (Å²) in [5.41, 5.74) is 7.47. The van der Waals surface area contributed by atoms with Gasteiger partial charge in [-0.3, -0.25) is 4.79 Å².